The highest BCUT2D eigenvalue weighted by Crippen LogP contribution is 2.27. The zero-order valence-corrected chi connectivity index (χ0v) is 8.57. The number of rotatable bonds is 3. The smallest absolute Gasteiger partial charge is 0.117 e. The van der Waals surface area contributed by atoms with Gasteiger partial charge in [0.25, 0.3) is 0 Å². The van der Waals surface area contributed by atoms with Crippen LogP contribution in [-0.4, -0.2) is 22.3 Å². The van der Waals surface area contributed by atoms with Crippen molar-refractivity contribution < 1.29 is 0 Å². The first-order valence-corrected chi connectivity index (χ1v) is 5.79. The molecule has 3 nitrogen and oxygen atoms in total. The van der Waals surface area contributed by atoms with Crippen LogP contribution >= 0.6 is 23.1 Å². The van der Waals surface area contributed by atoms with Crippen LogP contribution in [0.4, 0.5) is 0 Å². The van der Waals surface area contributed by atoms with E-state index >= 15 is 0 Å². The molecule has 2 rings (SSSR count). The largest absolute Gasteiger partial charge is 0.330 e. The highest BCUT2D eigenvalue weighted by atomic mass is 32.2. The van der Waals surface area contributed by atoms with Gasteiger partial charge >= 0.3 is 0 Å². The monoisotopic (exact) mass is 211 g/mol. The van der Waals surface area contributed by atoms with Crippen molar-refractivity contribution >= 4 is 33.3 Å². The third-order valence-electron chi connectivity index (χ3n) is 1.57. The Kier molecular flexibility index (Phi) is 2.77. The zero-order chi connectivity index (χ0) is 9.10. The van der Waals surface area contributed by atoms with Gasteiger partial charge in [-0.2, -0.15) is 0 Å². The van der Waals surface area contributed by atoms with Crippen molar-refractivity contribution in [2.24, 2.45) is 5.73 Å². The summed E-state index contributed by atoms with van der Waals surface area (Å²) in [7, 11) is 0. The second kappa shape index (κ2) is 4.04. The highest BCUT2D eigenvalue weighted by Gasteiger charge is 2.03. The van der Waals surface area contributed by atoms with Crippen molar-refractivity contribution in [1.29, 1.82) is 0 Å². The number of hydrogen-bond donors (Lipinski definition) is 1. The molecule has 0 unspecified atom stereocenters. The Morgan fingerprint density at radius 3 is 3.23 bits per heavy atom. The molecule has 0 saturated heterocycles. The Labute approximate surface area is 84.4 Å². The summed E-state index contributed by atoms with van der Waals surface area (Å²) in [5.74, 6) is 0.907. The molecule has 0 saturated carbocycles. The van der Waals surface area contributed by atoms with Crippen LogP contribution < -0.4 is 5.73 Å². The number of nitrogens with zero attached hydrogens (tertiary/aromatic N) is 2. The van der Waals surface area contributed by atoms with Crippen LogP contribution in [0.1, 0.15) is 0 Å². The minimum absolute atomic E-state index is 0.682. The van der Waals surface area contributed by atoms with Gasteiger partial charge < -0.3 is 5.73 Å². The van der Waals surface area contributed by atoms with Crippen molar-refractivity contribution in [1.82, 2.24) is 9.97 Å². The molecule has 2 aromatic rings. The van der Waals surface area contributed by atoms with Crippen molar-refractivity contribution in [2.45, 2.75) is 5.03 Å². The van der Waals surface area contributed by atoms with Crippen LogP contribution in [0, 0.1) is 0 Å². The Morgan fingerprint density at radius 2 is 2.38 bits per heavy atom. The van der Waals surface area contributed by atoms with Gasteiger partial charge in [0.05, 0.1) is 10.2 Å². The first-order valence-electron chi connectivity index (χ1n) is 3.93. The van der Waals surface area contributed by atoms with Gasteiger partial charge in [-0.3, -0.25) is 0 Å². The van der Waals surface area contributed by atoms with E-state index in [1.807, 2.05) is 11.4 Å². The predicted molar refractivity (Wildman–Crippen MR) is 57.2 cm³/mol. The lowest BCUT2D eigenvalue weighted by atomic mass is 10.5. The fourth-order valence-corrected chi connectivity index (χ4v) is 2.74. The molecule has 5 heteroatoms. The Balaban J connectivity index is 2.37. The molecule has 0 aliphatic carbocycles. The average molecular weight is 211 g/mol. The molecule has 0 aliphatic rings. The summed E-state index contributed by atoms with van der Waals surface area (Å²) in [6, 6.07) is 2.01. The predicted octanol–water partition coefficient (Wildman–Crippen LogP) is 1.74. The molecule has 0 aromatic carbocycles. The molecule has 0 fully saturated rings. The summed E-state index contributed by atoms with van der Waals surface area (Å²) in [6.45, 7) is 0.682. The van der Waals surface area contributed by atoms with E-state index in [4.69, 9.17) is 5.73 Å². The van der Waals surface area contributed by atoms with Crippen LogP contribution in [-0.2, 0) is 0 Å². The average Bonchev–Trinajstić information content (AvgIpc) is 2.62. The van der Waals surface area contributed by atoms with E-state index in [2.05, 4.69) is 9.97 Å². The molecule has 2 N–H and O–H groups in total. The molecule has 2 heterocycles. The van der Waals surface area contributed by atoms with Gasteiger partial charge in [0.15, 0.2) is 0 Å². The van der Waals surface area contributed by atoms with E-state index in [1.54, 1.807) is 29.4 Å². The van der Waals surface area contributed by atoms with E-state index < -0.39 is 0 Å². The fourth-order valence-electron chi connectivity index (χ4n) is 1.02. The van der Waals surface area contributed by atoms with Gasteiger partial charge in [-0.05, 0) is 11.4 Å². The molecule has 0 atom stereocenters. The van der Waals surface area contributed by atoms with Gasteiger partial charge in [-0.15, -0.1) is 23.1 Å². The lowest BCUT2D eigenvalue weighted by Crippen LogP contribution is -2.01. The molecule has 13 heavy (non-hydrogen) atoms. The number of hydrogen-bond acceptors (Lipinski definition) is 5. The summed E-state index contributed by atoms with van der Waals surface area (Å²) < 4.78 is 1.17. The van der Waals surface area contributed by atoms with Gasteiger partial charge in [0.2, 0.25) is 0 Å². The standard InChI is InChI=1S/C8H9N3S2/c9-2-4-13-8-7-6(1-3-12-7)10-5-11-8/h1,3,5H,2,4,9H2. The van der Waals surface area contributed by atoms with Crippen LogP contribution in [0.3, 0.4) is 0 Å². The van der Waals surface area contributed by atoms with E-state index in [1.165, 1.54) is 4.70 Å². The summed E-state index contributed by atoms with van der Waals surface area (Å²) in [6.07, 6.45) is 1.61. The quantitative estimate of drug-likeness (QED) is 0.620. The second-order valence-corrected chi connectivity index (χ2v) is 4.45. The second-order valence-electron chi connectivity index (χ2n) is 2.45. The van der Waals surface area contributed by atoms with Gasteiger partial charge in [0.1, 0.15) is 11.4 Å². The zero-order valence-electron chi connectivity index (χ0n) is 6.93. The molecule has 0 amide bonds. The van der Waals surface area contributed by atoms with Crippen LogP contribution in [0.25, 0.3) is 10.2 Å². The van der Waals surface area contributed by atoms with Crippen LogP contribution in [0.2, 0.25) is 0 Å². The SMILES string of the molecule is NCCSc1ncnc2ccsc12. The maximum absolute atomic E-state index is 5.43. The molecule has 0 radical (unpaired) electrons. The number of aromatic nitrogens is 2. The number of nitrogens with two attached hydrogens (primary N) is 1. The molecule has 68 valence electrons. The Morgan fingerprint density at radius 1 is 1.46 bits per heavy atom. The van der Waals surface area contributed by atoms with E-state index in [0.29, 0.717) is 6.54 Å². The molecule has 0 aliphatic heterocycles. The maximum Gasteiger partial charge on any atom is 0.117 e. The minimum Gasteiger partial charge on any atom is -0.330 e. The highest BCUT2D eigenvalue weighted by molar-refractivity contribution is 7.99. The minimum atomic E-state index is 0.682. The third-order valence-corrected chi connectivity index (χ3v) is 3.63. The fraction of sp³-hybridized carbons (Fsp3) is 0.250. The van der Waals surface area contributed by atoms with Crippen molar-refractivity contribution in [3.05, 3.63) is 17.8 Å². The van der Waals surface area contributed by atoms with E-state index in [-0.39, 0.29) is 0 Å². The van der Waals surface area contributed by atoms with Crippen molar-refractivity contribution in [3.8, 4) is 0 Å². The van der Waals surface area contributed by atoms with Crippen molar-refractivity contribution in [3.63, 3.8) is 0 Å². The Bertz CT molecular complexity index is 399. The first kappa shape index (κ1) is 8.93. The molecule has 0 bridgehead atoms. The van der Waals surface area contributed by atoms with Gasteiger partial charge in [-0.25, -0.2) is 9.97 Å². The van der Waals surface area contributed by atoms with Gasteiger partial charge in [-0.1, -0.05) is 0 Å². The summed E-state index contributed by atoms with van der Waals surface area (Å²) in [5.41, 5.74) is 6.46. The van der Waals surface area contributed by atoms with E-state index in [9.17, 15) is 0 Å². The maximum atomic E-state index is 5.43. The lowest BCUT2D eigenvalue weighted by molar-refractivity contribution is 1.10. The van der Waals surface area contributed by atoms with E-state index in [0.717, 1.165) is 16.3 Å². The summed E-state index contributed by atoms with van der Waals surface area (Å²) in [4.78, 5) is 8.39. The number of fused-ring (bicyclic) bond motifs is 1. The topological polar surface area (TPSA) is 51.8 Å². The van der Waals surface area contributed by atoms with Crippen molar-refractivity contribution in [2.75, 3.05) is 12.3 Å². The van der Waals surface area contributed by atoms with Crippen LogP contribution in [0.15, 0.2) is 22.8 Å². The molecule has 2 aromatic heterocycles. The Hall–Kier alpha value is -0.650. The summed E-state index contributed by atoms with van der Waals surface area (Å²) in [5, 5.41) is 3.08. The molecular formula is C8H9N3S2. The normalized spacial score (nSPS) is 10.8. The first-order chi connectivity index (χ1) is 6.42. The number of thioether (sulfide) groups is 1. The van der Waals surface area contributed by atoms with Crippen LogP contribution in [0.5, 0.6) is 0 Å². The lowest BCUT2D eigenvalue weighted by Gasteiger charge is -1.98. The number of thiophene rings is 1. The molecular weight excluding hydrogens is 202 g/mol. The third kappa shape index (κ3) is 1.82. The summed E-state index contributed by atoms with van der Waals surface area (Å²) >= 11 is 3.37. The molecule has 0 spiro atoms. The van der Waals surface area contributed by atoms with Gasteiger partial charge in [0, 0.05) is 12.3 Å².